The molecule has 36 heavy (non-hydrogen) atoms. The average Bonchev–Trinajstić information content (AvgIpc) is 3.69. The van der Waals surface area contributed by atoms with Crippen molar-refractivity contribution in [3.05, 3.63) is 58.5 Å². The highest BCUT2D eigenvalue weighted by molar-refractivity contribution is 5.76. The van der Waals surface area contributed by atoms with Gasteiger partial charge in [-0.05, 0) is 48.6 Å². The van der Waals surface area contributed by atoms with Crippen LogP contribution < -0.4 is 10.6 Å². The maximum Gasteiger partial charge on any atom is 0.227 e. The summed E-state index contributed by atoms with van der Waals surface area (Å²) in [5, 5.41) is 26.4. The lowest BCUT2D eigenvalue weighted by Gasteiger charge is -2.21. The lowest BCUT2D eigenvalue weighted by molar-refractivity contribution is 0.109. The van der Waals surface area contributed by atoms with Gasteiger partial charge in [0.15, 0.2) is 0 Å². The van der Waals surface area contributed by atoms with Gasteiger partial charge >= 0.3 is 0 Å². The first-order valence-corrected chi connectivity index (χ1v) is 12.2. The third kappa shape index (κ3) is 4.15. The highest BCUT2D eigenvalue weighted by atomic mass is 16.5. The number of nitrogens with zero attached hydrogens (tertiary/aromatic N) is 4. The van der Waals surface area contributed by atoms with Gasteiger partial charge in [0.05, 0.1) is 42.5 Å². The van der Waals surface area contributed by atoms with Gasteiger partial charge in [-0.2, -0.15) is 5.26 Å². The third-order valence-corrected chi connectivity index (χ3v) is 7.02. The van der Waals surface area contributed by atoms with E-state index in [4.69, 9.17) is 14.7 Å². The van der Waals surface area contributed by atoms with E-state index in [9.17, 15) is 10.4 Å². The first-order valence-electron chi connectivity index (χ1n) is 12.2. The van der Waals surface area contributed by atoms with Crippen molar-refractivity contribution in [2.45, 2.75) is 38.2 Å². The van der Waals surface area contributed by atoms with Gasteiger partial charge < -0.3 is 20.5 Å². The Bertz CT molecular complexity index is 1460. The van der Waals surface area contributed by atoms with Gasteiger partial charge in [0.1, 0.15) is 11.8 Å². The number of hydrogen-bond donors (Lipinski definition) is 3. The van der Waals surface area contributed by atoms with Crippen molar-refractivity contribution < 1.29 is 9.84 Å². The molecule has 0 saturated heterocycles. The first kappa shape index (κ1) is 22.5. The summed E-state index contributed by atoms with van der Waals surface area (Å²) in [4.78, 5) is 14.0. The third-order valence-electron chi connectivity index (χ3n) is 7.02. The van der Waals surface area contributed by atoms with Crippen molar-refractivity contribution in [2.75, 3.05) is 30.4 Å². The molecule has 3 N–H and O–H groups in total. The number of ether oxygens (including phenoxy) is 1. The van der Waals surface area contributed by atoms with Gasteiger partial charge in [-0.15, -0.1) is 0 Å². The number of aromatic nitrogens is 3. The van der Waals surface area contributed by atoms with Crippen LogP contribution in [0.2, 0.25) is 0 Å². The SMILES string of the molecule is C[C@]1(CO)CNc2c(C#N)cc(-c3ccnc(Nc4cc5c(nc4C#CC4CC4)CCOC5)n3)cc21. The molecule has 0 unspecified atom stereocenters. The number of hydrogen-bond acceptors (Lipinski definition) is 8. The summed E-state index contributed by atoms with van der Waals surface area (Å²) in [6.45, 7) is 3.74. The molecule has 0 bridgehead atoms. The number of nitriles is 1. The second-order valence-corrected chi connectivity index (χ2v) is 9.86. The number of rotatable bonds is 4. The fourth-order valence-electron chi connectivity index (χ4n) is 4.64. The molecule has 180 valence electrons. The monoisotopic (exact) mass is 478 g/mol. The molecule has 1 atom stereocenters. The largest absolute Gasteiger partial charge is 0.395 e. The molecular formula is C28H26N6O2. The van der Waals surface area contributed by atoms with Gasteiger partial charge in [-0.25, -0.2) is 15.0 Å². The molecule has 0 radical (unpaired) electrons. The second kappa shape index (κ2) is 8.91. The van der Waals surface area contributed by atoms with Gasteiger partial charge in [0.2, 0.25) is 5.95 Å². The molecule has 1 fully saturated rings. The topological polar surface area (TPSA) is 116 Å². The minimum atomic E-state index is -0.461. The summed E-state index contributed by atoms with van der Waals surface area (Å²) in [6.07, 6.45) is 4.77. The number of aliphatic hydroxyl groups is 1. The maximum absolute atomic E-state index is 10.0. The lowest BCUT2D eigenvalue weighted by Crippen LogP contribution is -2.28. The normalized spacial score (nSPS) is 19.8. The minimum Gasteiger partial charge on any atom is -0.395 e. The van der Waals surface area contributed by atoms with Crippen molar-refractivity contribution in [3.8, 4) is 29.2 Å². The average molecular weight is 479 g/mol. The molecule has 1 aliphatic carbocycles. The molecule has 0 spiro atoms. The van der Waals surface area contributed by atoms with Crippen LogP contribution in [-0.2, 0) is 23.2 Å². The van der Waals surface area contributed by atoms with Crippen molar-refractivity contribution in [3.63, 3.8) is 0 Å². The molecule has 2 aliphatic heterocycles. The predicted molar refractivity (Wildman–Crippen MR) is 136 cm³/mol. The predicted octanol–water partition coefficient (Wildman–Crippen LogP) is 3.66. The summed E-state index contributed by atoms with van der Waals surface area (Å²) in [7, 11) is 0. The quantitative estimate of drug-likeness (QED) is 0.487. The Morgan fingerprint density at radius 3 is 2.97 bits per heavy atom. The molecule has 1 aromatic carbocycles. The summed E-state index contributed by atoms with van der Waals surface area (Å²) < 4.78 is 5.63. The molecule has 0 amide bonds. The number of nitrogens with one attached hydrogen (secondary N) is 2. The fourth-order valence-corrected chi connectivity index (χ4v) is 4.64. The van der Waals surface area contributed by atoms with Gasteiger partial charge in [0, 0.05) is 47.3 Å². The molecule has 8 nitrogen and oxygen atoms in total. The number of benzene rings is 1. The van der Waals surface area contributed by atoms with Crippen molar-refractivity contribution >= 4 is 17.3 Å². The van der Waals surface area contributed by atoms with Crippen LogP contribution in [0.25, 0.3) is 11.3 Å². The fraction of sp³-hybridized carbons (Fsp3) is 0.357. The van der Waals surface area contributed by atoms with Crippen LogP contribution in [0.3, 0.4) is 0 Å². The number of aliphatic hydroxyl groups excluding tert-OH is 1. The molecule has 3 aliphatic rings. The Hall–Kier alpha value is -3.98. The Morgan fingerprint density at radius 2 is 2.17 bits per heavy atom. The second-order valence-electron chi connectivity index (χ2n) is 9.86. The number of pyridine rings is 1. The highest BCUT2D eigenvalue weighted by Crippen LogP contribution is 2.41. The molecule has 4 heterocycles. The summed E-state index contributed by atoms with van der Waals surface area (Å²) >= 11 is 0. The van der Waals surface area contributed by atoms with Crippen LogP contribution in [0.4, 0.5) is 17.3 Å². The van der Waals surface area contributed by atoms with E-state index in [2.05, 4.69) is 33.5 Å². The van der Waals surface area contributed by atoms with Gasteiger partial charge in [-0.1, -0.05) is 12.8 Å². The molecule has 6 rings (SSSR count). The van der Waals surface area contributed by atoms with Crippen LogP contribution in [-0.4, -0.2) is 39.8 Å². The summed E-state index contributed by atoms with van der Waals surface area (Å²) in [5.74, 6) is 7.46. The van der Waals surface area contributed by atoms with Crippen LogP contribution in [0.5, 0.6) is 0 Å². The van der Waals surface area contributed by atoms with Gasteiger partial charge in [-0.3, -0.25) is 0 Å². The maximum atomic E-state index is 10.0. The first-order chi connectivity index (χ1) is 17.6. The number of fused-ring (bicyclic) bond motifs is 2. The van der Waals surface area contributed by atoms with E-state index in [1.807, 2.05) is 31.2 Å². The van der Waals surface area contributed by atoms with Crippen LogP contribution in [0.15, 0.2) is 30.5 Å². The van der Waals surface area contributed by atoms with E-state index >= 15 is 0 Å². The Labute approximate surface area is 209 Å². The van der Waals surface area contributed by atoms with Crippen molar-refractivity contribution in [1.29, 1.82) is 5.26 Å². The van der Waals surface area contributed by atoms with E-state index in [0.717, 1.165) is 53.0 Å². The van der Waals surface area contributed by atoms with Crippen LogP contribution >= 0.6 is 0 Å². The minimum absolute atomic E-state index is 0.0163. The Morgan fingerprint density at radius 1 is 1.28 bits per heavy atom. The standard InChI is InChI=1S/C28H26N6O2/c1-28(16-35)15-31-26-19(13-29)10-18(11-21(26)28)22-6-8-30-27(33-22)34-25-12-20-14-36-9-7-23(20)32-24(25)5-4-17-2-3-17/h6,8,10-12,17,31,35H,2-3,7,9,14-16H2,1H3,(H,30,33,34)/t28-/m1/s1. The molecule has 8 heteroatoms. The molecule has 2 aromatic heterocycles. The lowest BCUT2D eigenvalue weighted by atomic mass is 9.83. The molecular weight excluding hydrogens is 452 g/mol. The zero-order valence-electron chi connectivity index (χ0n) is 20.1. The van der Waals surface area contributed by atoms with Crippen LogP contribution in [0, 0.1) is 29.1 Å². The van der Waals surface area contributed by atoms with E-state index in [1.165, 1.54) is 0 Å². The van der Waals surface area contributed by atoms with Gasteiger partial charge in [0.25, 0.3) is 0 Å². The van der Waals surface area contributed by atoms with E-state index in [-0.39, 0.29) is 6.61 Å². The highest BCUT2D eigenvalue weighted by Gasteiger charge is 2.36. The Balaban J connectivity index is 1.37. The smallest absolute Gasteiger partial charge is 0.227 e. The number of anilines is 3. The summed E-state index contributed by atoms with van der Waals surface area (Å²) in [5.41, 5.74) is 6.79. The van der Waals surface area contributed by atoms with Crippen LogP contribution in [0.1, 0.15) is 47.8 Å². The summed E-state index contributed by atoms with van der Waals surface area (Å²) in [6, 6.07) is 9.96. The van der Waals surface area contributed by atoms with E-state index in [1.54, 1.807) is 6.20 Å². The molecule has 1 saturated carbocycles. The zero-order chi connectivity index (χ0) is 24.7. The van der Waals surface area contributed by atoms with Crippen molar-refractivity contribution in [2.24, 2.45) is 5.92 Å². The molecule has 3 aromatic rings. The van der Waals surface area contributed by atoms with E-state index in [0.29, 0.717) is 48.6 Å². The Kier molecular flexibility index (Phi) is 5.56. The van der Waals surface area contributed by atoms with Crippen molar-refractivity contribution in [1.82, 2.24) is 15.0 Å². The zero-order valence-corrected chi connectivity index (χ0v) is 20.1. The van der Waals surface area contributed by atoms with E-state index < -0.39 is 5.41 Å².